The van der Waals surface area contributed by atoms with Gasteiger partial charge in [0.1, 0.15) is 0 Å². The van der Waals surface area contributed by atoms with E-state index in [0.29, 0.717) is 11.5 Å². The number of H-pyrrole nitrogens is 1. The Morgan fingerprint density at radius 1 is 1.00 bits per heavy atom. The number of methoxy groups -OCH3 is 2. The first-order valence-corrected chi connectivity index (χ1v) is 14.5. The van der Waals surface area contributed by atoms with E-state index >= 15 is 0 Å². The Labute approximate surface area is 221 Å². The van der Waals surface area contributed by atoms with Crippen LogP contribution in [0.2, 0.25) is 0 Å². The van der Waals surface area contributed by atoms with Crippen molar-refractivity contribution < 1.29 is 9.47 Å². The number of aromatic nitrogens is 1. The van der Waals surface area contributed by atoms with Crippen LogP contribution in [0.3, 0.4) is 0 Å². The van der Waals surface area contributed by atoms with Crippen LogP contribution < -0.4 is 14.8 Å². The Hall–Kier alpha value is -2.50. The van der Waals surface area contributed by atoms with Crippen molar-refractivity contribution in [3.63, 3.8) is 0 Å². The first kappa shape index (κ1) is 24.8. The molecule has 5 nitrogen and oxygen atoms in total. The number of hydrogen-bond acceptors (Lipinski definition) is 4. The van der Waals surface area contributed by atoms with Gasteiger partial charge in [-0.15, -0.1) is 0 Å². The third-order valence-electron chi connectivity index (χ3n) is 9.84. The fourth-order valence-electron chi connectivity index (χ4n) is 7.76. The van der Waals surface area contributed by atoms with Crippen molar-refractivity contribution in [1.29, 1.82) is 0 Å². The van der Waals surface area contributed by atoms with E-state index in [0.717, 1.165) is 43.2 Å². The quantitative estimate of drug-likeness (QED) is 0.400. The first-order chi connectivity index (χ1) is 18.2. The summed E-state index contributed by atoms with van der Waals surface area (Å²) in [7, 11) is 3.50. The number of piperidine rings is 1. The number of ether oxygens (including phenoxy) is 2. The first-order valence-electron chi connectivity index (χ1n) is 14.5. The molecule has 2 fully saturated rings. The van der Waals surface area contributed by atoms with Gasteiger partial charge >= 0.3 is 0 Å². The number of aromatic amines is 1. The van der Waals surface area contributed by atoms with Crippen LogP contribution in [0, 0.1) is 11.3 Å². The van der Waals surface area contributed by atoms with Crippen LogP contribution in [0.25, 0.3) is 10.9 Å². The summed E-state index contributed by atoms with van der Waals surface area (Å²) < 4.78 is 11.5. The maximum Gasteiger partial charge on any atom is 0.161 e. The summed E-state index contributed by atoms with van der Waals surface area (Å²) in [5.41, 5.74) is 6.06. The molecule has 2 unspecified atom stereocenters. The number of nitrogens with one attached hydrogen (secondary N) is 2. The lowest BCUT2D eigenvalue weighted by Crippen LogP contribution is -2.52. The number of nitrogens with zero attached hydrogens (tertiary/aromatic N) is 1. The fraction of sp³-hybridized carbons (Fsp3) is 0.562. The highest BCUT2D eigenvalue weighted by atomic mass is 16.5. The molecule has 3 aromatic rings. The van der Waals surface area contributed by atoms with E-state index in [4.69, 9.17) is 9.47 Å². The highest BCUT2D eigenvalue weighted by Crippen LogP contribution is 2.48. The smallest absolute Gasteiger partial charge is 0.161 e. The highest BCUT2D eigenvalue weighted by molar-refractivity contribution is 5.83. The van der Waals surface area contributed by atoms with Gasteiger partial charge in [0.25, 0.3) is 0 Å². The van der Waals surface area contributed by atoms with E-state index in [-0.39, 0.29) is 0 Å². The van der Waals surface area contributed by atoms with Gasteiger partial charge in [-0.25, -0.2) is 0 Å². The Bertz CT molecular complexity index is 1200. The molecule has 6 rings (SSSR count). The number of hydrogen-bond donors (Lipinski definition) is 2. The lowest BCUT2D eigenvalue weighted by atomic mass is 9.62. The molecule has 0 amide bonds. The minimum absolute atomic E-state index is 0.389. The van der Waals surface area contributed by atoms with Gasteiger partial charge < -0.3 is 19.8 Å². The van der Waals surface area contributed by atoms with E-state index in [1.54, 1.807) is 14.2 Å². The van der Waals surface area contributed by atoms with Crippen molar-refractivity contribution in [2.45, 2.75) is 63.8 Å². The zero-order valence-electron chi connectivity index (χ0n) is 22.7. The predicted molar refractivity (Wildman–Crippen MR) is 151 cm³/mol. The Balaban J connectivity index is 1.31. The van der Waals surface area contributed by atoms with Crippen LogP contribution in [0.1, 0.15) is 67.7 Å². The Kier molecular flexibility index (Phi) is 7.18. The van der Waals surface area contributed by atoms with Gasteiger partial charge in [0.15, 0.2) is 11.5 Å². The molecule has 1 aliphatic carbocycles. The standard InChI is InChI=1S/C32H43N3O2/c1-36-30-18-23-12-17-35(22-25-21-33-16-15-32(25)13-6-3-7-14-32)29(27(23)19-31(30)37-2)11-10-24-20-34-28-9-5-4-8-26(24)28/h4-5,8-9,18-20,25,29,33-34H,3,6-7,10-17,21-22H2,1-2H3. The second-order valence-corrected chi connectivity index (χ2v) is 11.6. The van der Waals surface area contributed by atoms with Gasteiger partial charge in [0.2, 0.25) is 0 Å². The molecule has 37 heavy (non-hydrogen) atoms. The average Bonchev–Trinajstić information content (AvgIpc) is 3.36. The summed E-state index contributed by atoms with van der Waals surface area (Å²) in [6.07, 6.45) is 13.9. The van der Waals surface area contributed by atoms with Crippen molar-refractivity contribution in [1.82, 2.24) is 15.2 Å². The van der Waals surface area contributed by atoms with Crippen LogP contribution >= 0.6 is 0 Å². The van der Waals surface area contributed by atoms with Crippen LogP contribution in [-0.4, -0.2) is 50.3 Å². The van der Waals surface area contributed by atoms with Crippen molar-refractivity contribution in [2.24, 2.45) is 11.3 Å². The second kappa shape index (κ2) is 10.7. The van der Waals surface area contributed by atoms with Crippen LogP contribution in [-0.2, 0) is 12.8 Å². The maximum absolute atomic E-state index is 5.78. The second-order valence-electron chi connectivity index (χ2n) is 11.6. The summed E-state index contributed by atoms with van der Waals surface area (Å²) in [5.74, 6) is 2.44. The normalized spacial score (nSPS) is 23.7. The Morgan fingerprint density at radius 2 is 1.81 bits per heavy atom. The molecular formula is C32H43N3O2. The number of rotatable bonds is 7. The van der Waals surface area contributed by atoms with Crippen LogP contribution in [0.4, 0.5) is 0 Å². The number of benzene rings is 2. The van der Waals surface area contributed by atoms with Gasteiger partial charge in [-0.3, -0.25) is 4.90 Å². The van der Waals surface area contributed by atoms with Crippen molar-refractivity contribution >= 4 is 10.9 Å². The molecule has 0 radical (unpaired) electrons. The number of aryl methyl sites for hydroxylation is 1. The zero-order valence-corrected chi connectivity index (χ0v) is 22.7. The highest BCUT2D eigenvalue weighted by Gasteiger charge is 2.43. The van der Waals surface area contributed by atoms with Gasteiger partial charge in [-0.1, -0.05) is 37.5 Å². The van der Waals surface area contributed by atoms with Crippen LogP contribution in [0.15, 0.2) is 42.6 Å². The molecule has 3 aliphatic rings. The third kappa shape index (κ3) is 4.77. The summed E-state index contributed by atoms with van der Waals surface area (Å²) >= 11 is 0. The lowest BCUT2D eigenvalue weighted by molar-refractivity contribution is 0.0192. The molecular weight excluding hydrogens is 458 g/mol. The molecule has 2 atom stereocenters. The minimum Gasteiger partial charge on any atom is -0.493 e. The summed E-state index contributed by atoms with van der Waals surface area (Å²) in [4.78, 5) is 6.32. The molecule has 198 valence electrons. The molecule has 1 aromatic heterocycles. The van der Waals surface area contributed by atoms with E-state index in [1.165, 1.54) is 85.8 Å². The minimum atomic E-state index is 0.389. The average molecular weight is 502 g/mol. The van der Waals surface area contributed by atoms with Gasteiger partial charge in [-0.2, -0.15) is 0 Å². The van der Waals surface area contributed by atoms with E-state index < -0.39 is 0 Å². The van der Waals surface area contributed by atoms with Crippen molar-refractivity contribution in [3.8, 4) is 11.5 Å². The molecule has 2 aliphatic heterocycles. The van der Waals surface area contributed by atoms with E-state index in [1.807, 2.05) is 0 Å². The zero-order chi connectivity index (χ0) is 25.2. The maximum atomic E-state index is 5.78. The summed E-state index contributed by atoms with van der Waals surface area (Å²) in [6.45, 7) is 4.68. The molecule has 0 bridgehead atoms. The Morgan fingerprint density at radius 3 is 2.65 bits per heavy atom. The monoisotopic (exact) mass is 501 g/mol. The molecule has 1 spiro atoms. The summed E-state index contributed by atoms with van der Waals surface area (Å²) in [6, 6.07) is 13.6. The van der Waals surface area contributed by atoms with Gasteiger partial charge in [-0.05, 0) is 97.8 Å². The van der Waals surface area contributed by atoms with Gasteiger partial charge in [0.05, 0.1) is 14.2 Å². The largest absolute Gasteiger partial charge is 0.493 e. The number of para-hydroxylation sites is 1. The fourth-order valence-corrected chi connectivity index (χ4v) is 7.76. The van der Waals surface area contributed by atoms with Gasteiger partial charge in [0, 0.05) is 36.2 Å². The molecule has 5 heteroatoms. The lowest BCUT2D eigenvalue weighted by Gasteiger charge is -2.50. The van der Waals surface area contributed by atoms with Crippen molar-refractivity contribution in [3.05, 3.63) is 59.3 Å². The molecule has 2 N–H and O–H groups in total. The van der Waals surface area contributed by atoms with E-state index in [2.05, 4.69) is 57.8 Å². The molecule has 3 heterocycles. The SMILES string of the molecule is COc1cc2c(cc1OC)C(CCc1c[nH]c3ccccc13)N(CC1CNCCC13CCCCC3)CC2. The van der Waals surface area contributed by atoms with Crippen molar-refractivity contribution in [2.75, 3.05) is 40.4 Å². The molecule has 1 saturated heterocycles. The summed E-state index contributed by atoms with van der Waals surface area (Å²) in [5, 5.41) is 5.13. The molecule has 2 aromatic carbocycles. The molecule has 1 saturated carbocycles. The predicted octanol–water partition coefficient (Wildman–Crippen LogP) is 6.28. The van der Waals surface area contributed by atoms with Crippen LogP contribution in [0.5, 0.6) is 11.5 Å². The number of fused-ring (bicyclic) bond motifs is 2. The van der Waals surface area contributed by atoms with E-state index in [9.17, 15) is 0 Å². The topological polar surface area (TPSA) is 49.5 Å². The third-order valence-corrected chi connectivity index (χ3v) is 9.84.